The van der Waals surface area contributed by atoms with Crippen molar-refractivity contribution < 1.29 is 14.7 Å². The first-order valence-corrected chi connectivity index (χ1v) is 4.78. The molecule has 0 saturated carbocycles. The van der Waals surface area contributed by atoms with Crippen LogP contribution >= 0.6 is 0 Å². The third-order valence-corrected chi connectivity index (χ3v) is 2.50. The van der Waals surface area contributed by atoms with E-state index < -0.39 is 23.5 Å². The minimum absolute atomic E-state index is 0.0250. The van der Waals surface area contributed by atoms with E-state index in [9.17, 15) is 14.7 Å². The minimum atomic E-state index is -0.764. The zero-order valence-electron chi connectivity index (χ0n) is 9.00. The van der Waals surface area contributed by atoms with E-state index in [1.165, 1.54) is 6.92 Å². The standard InChI is InChI=1S/C10H17NO3/c1-5(12)6-7(11-9(6)14)8(13)10(2,3)4/h5-7,12H,1-4H3,(H,11,14). The first-order valence-electron chi connectivity index (χ1n) is 4.78. The molecule has 0 spiro atoms. The van der Waals surface area contributed by atoms with Crippen LogP contribution in [0.15, 0.2) is 0 Å². The Morgan fingerprint density at radius 2 is 2.00 bits per heavy atom. The second kappa shape index (κ2) is 3.35. The van der Waals surface area contributed by atoms with Gasteiger partial charge in [0.05, 0.1) is 12.0 Å². The average molecular weight is 199 g/mol. The number of hydrogen-bond acceptors (Lipinski definition) is 3. The number of aliphatic hydroxyl groups is 1. The molecular weight excluding hydrogens is 182 g/mol. The van der Waals surface area contributed by atoms with Gasteiger partial charge < -0.3 is 10.4 Å². The second-order valence-corrected chi connectivity index (χ2v) is 4.87. The first-order chi connectivity index (χ1) is 6.25. The molecule has 0 aromatic carbocycles. The maximum Gasteiger partial charge on any atom is 0.228 e. The predicted molar refractivity (Wildman–Crippen MR) is 51.6 cm³/mol. The minimum Gasteiger partial charge on any atom is -0.392 e. The fourth-order valence-corrected chi connectivity index (χ4v) is 1.59. The fourth-order valence-electron chi connectivity index (χ4n) is 1.59. The third kappa shape index (κ3) is 1.80. The van der Waals surface area contributed by atoms with Crippen molar-refractivity contribution >= 4 is 11.7 Å². The van der Waals surface area contributed by atoms with Crippen LogP contribution in [0.2, 0.25) is 0 Å². The Bertz CT molecular complexity index is 265. The Labute approximate surface area is 83.7 Å². The number of β-lactam (4-membered cyclic amide) rings is 1. The van der Waals surface area contributed by atoms with Crippen molar-refractivity contribution in [1.29, 1.82) is 0 Å². The lowest BCUT2D eigenvalue weighted by molar-refractivity contribution is -0.150. The van der Waals surface area contributed by atoms with Gasteiger partial charge in [0.15, 0.2) is 5.78 Å². The van der Waals surface area contributed by atoms with Crippen LogP contribution in [0.4, 0.5) is 0 Å². The number of rotatable bonds is 2. The molecule has 14 heavy (non-hydrogen) atoms. The van der Waals surface area contributed by atoms with Gasteiger partial charge in [-0.15, -0.1) is 0 Å². The second-order valence-electron chi connectivity index (χ2n) is 4.87. The number of carbonyl (C=O) groups excluding carboxylic acids is 2. The Morgan fingerprint density at radius 3 is 2.29 bits per heavy atom. The molecule has 1 heterocycles. The molecule has 1 saturated heterocycles. The number of amides is 1. The molecule has 1 aliphatic rings. The predicted octanol–water partition coefficient (Wildman–Crippen LogP) is 0.0970. The Kier molecular flexibility index (Phi) is 2.67. The molecule has 0 bridgehead atoms. The van der Waals surface area contributed by atoms with Gasteiger partial charge in [-0.05, 0) is 6.92 Å². The monoisotopic (exact) mass is 199 g/mol. The number of carbonyl (C=O) groups is 2. The van der Waals surface area contributed by atoms with Crippen LogP contribution in [-0.4, -0.2) is 28.9 Å². The molecule has 0 aliphatic carbocycles. The van der Waals surface area contributed by atoms with Crippen molar-refractivity contribution in [2.24, 2.45) is 11.3 Å². The van der Waals surface area contributed by atoms with E-state index >= 15 is 0 Å². The molecule has 1 aliphatic heterocycles. The Hall–Kier alpha value is -0.900. The molecule has 0 aromatic heterocycles. The highest BCUT2D eigenvalue weighted by molar-refractivity contribution is 6.02. The number of nitrogens with one attached hydrogen (secondary N) is 1. The van der Waals surface area contributed by atoms with E-state index in [2.05, 4.69) is 5.32 Å². The molecule has 0 aromatic rings. The number of hydrogen-bond donors (Lipinski definition) is 2. The van der Waals surface area contributed by atoms with Gasteiger partial charge in [0, 0.05) is 5.41 Å². The summed E-state index contributed by atoms with van der Waals surface area (Å²) in [5.74, 6) is -0.827. The van der Waals surface area contributed by atoms with E-state index in [1.54, 1.807) is 20.8 Å². The summed E-state index contributed by atoms with van der Waals surface area (Å²) >= 11 is 0. The maximum atomic E-state index is 11.8. The van der Waals surface area contributed by atoms with Crippen LogP contribution in [0.3, 0.4) is 0 Å². The van der Waals surface area contributed by atoms with Gasteiger partial charge in [-0.1, -0.05) is 20.8 Å². The zero-order chi connectivity index (χ0) is 11.1. The van der Waals surface area contributed by atoms with Crippen LogP contribution in [0, 0.1) is 11.3 Å². The van der Waals surface area contributed by atoms with Gasteiger partial charge in [0.2, 0.25) is 5.91 Å². The molecule has 1 rings (SSSR count). The Morgan fingerprint density at radius 1 is 1.50 bits per heavy atom. The molecule has 0 radical (unpaired) electrons. The van der Waals surface area contributed by atoms with Gasteiger partial charge in [-0.3, -0.25) is 9.59 Å². The van der Waals surface area contributed by atoms with Crippen LogP contribution in [0.5, 0.6) is 0 Å². The number of ketones is 1. The summed E-state index contributed by atoms with van der Waals surface area (Å²) in [6, 6.07) is -0.512. The molecule has 4 heteroatoms. The number of aliphatic hydroxyl groups excluding tert-OH is 1. The third-order valence-electron chi connectivity index (χ3n) is 2.50. The molecule has 1 amide bonds. The van der Waals surface area contributed by atoms with Crippen molar-refractivity contribution in [2.75, 3.05) is 0 Å². The summed E-state index contributed by atoms with van der Waals surface area (Å²) in [7, 11) is 0. The highest BCUT2D eigenvalue weighted by Crippen LogP contribution is 2.27. The molecule has 3 atom stereocenters. The smallest absolute Gasteiger partial charge is 0.228 e. The topological polar surface area (TPSA) is 66.4 Å². The molecule has 80 valence electrons. The zero-order valence-corrected chi connectivity index (χ0v) is 9.00. The van der Waals surface area contributed by atoms with Gasteiger partial charge in [-0.25, -0.2) is 0 Å². The highest BCUT2D eigenvalue weighted by Gasteiger charge is 2.49. The summed E-state index contributed by atoms with van der Waals surface area (Å²) in [5.41, 5.74) is -0.481. The summed E-state index contributed by atoms with van der Waals surface area (Å²) < 4.78 is 0. The lowest BCUT2D eigenvalue weighted by atomic mass is 9.75. The van der Waals surface area contributed by atoms with Crippen molar-refractivity contribution in [2.45, 2.75) is 39.8 Å². The largest absolute Gasteiger partial charge is 0.392 e. The van der Waals surface area contributed by atoms with Crippen molar-refractivity contribution in [3.63, 3.8) is 0 Å². The quantitative estimate of drug-likeness (QED) is 0.620. The van der Waals surface area contributed by atoms with Gasteiger partial charge in [-0.2, -0.15) is 0 Å². The van der Waals surface area contributed by atoms with E-state index in [0.717, 1.165) is 0 Å². The van der Waals surface area contributed by atoms with Gasteiger partial charge in [0.25, 0.3) is 0 Å². The number of Topliss-reactive ketones (excluding diaryl/α,β-unsaturated/α-hetero) is 1. The van der Waals surface area contributed by atoms with Crippen LogP contribution in [0.1, 0.15) is 27.7 Å². The normalized spacial score (nSPS) is 29.1. The van der Waals surface area contributed by atoms with Crippen molar-refractivity contribution in [1.82, 2.24) is 5.32 Å². The van der Waals surface area contributed by atoms with E-state index in [-0.39, 0.29) is 11.7 Å². The van der Waals surface area contributed by atoms with Gasteiger partial charge in [0.1, 0.15) is 6.04 Å². The SMILES string of the molecule is CC(O)C1C(=O)NC1C(=O)C(C)(C)C. The Balaban J connectivity index is 2.73. The first kappa shape index (κ1) is 11.2. The highest BCUT2D eigenvalue weighted by atomic mass is 16.3. The summed E-state index contributed by atoms with van der Waals surface area (Å²) in [6.07, 6.45) is -0.764. The summed E-state index contributed by atoms with van der Waals surface area (Å²) in [5, 5.41) is 11.8. The van der Waals surface area contributed by atoms with Gasteiger partial charge >= 0.3 is 0 Å². The molecular formula is C10H17NO3. The lowest BCUT2D eigenvalue weighted by Crippen LogP contribution is -2.66. The molecule has 3 unspecified atom stereocenters. The van der Waals surface area contributed by atoms with Crippen LogP contribution < -0.4 is 5.32 Å². The van der Waals surface area contributed by atoms with Crippen molar-refractivity contribution in [3.8, 4) is 0 Å². The molecule has 4 nitrogen and oxygen atoms in total. The summed E-state index contributed by atoms with van der Waals surface area (Å²) in [4.78, 5) is 22.9. The van der Waals surface area contributed by atoms with E-state index in [0.29, 0.717) is 0 Å². The van der Waals surface area contributed by atoms with Crippen molar-refractivity contribution in [3.05, 3.63) is 0 Å². The van der Waals surface area contributed by atoms with E-state index in [4.69, 9.17) is 0 Å². The molecule has 2 N–H and O–H groups in total. The molecule has 1 fully saturated rings. The maximum absolute atomic E-state index is 11.8. The lowest BCUT2D eigenvalue weighted by Gasteiger charge is -2.40. The summed E-state index contributed by atoms with van der Waals surface area (Å²) in [6.45, 7) is 6.95. The average Bonchev–Trinajstić information content (AvgIpc) is 1.95. The fraction of sp³-hybridized carbons (Fsp3) is 0.800. The van der Waals surface area contributed by atoms with E-state index in [1.807, 2.05) is 0 Å². The van der Waals surface area contributed by atoms with Crippen LogP contribution in [0.25, 0.3) is 0 Å². The van der Waals surface area contributed by atoms with Crippen LogP contribution in [-0.2, 0) is 9.59 Å².